The maximum absolute atomic E-state index is 13.5. The molecule has 128 valence electrons. The van der Waals surface area contributed by atoms with Gasteiger partial charge >= 0.3 is 0 Å². The highest BCUT2D eigenvalue weighted by atomic mass is 19.1. The molecule has 5 heteroatoms. The summed E-state index contributed by atoms with van der Waals surface area (Å²) in [5.41, 5.74) is 2.29. The fourth-order valence-corrected chi connectivity index (χ4v) is 3.65. The van der Waals surface area contributed by atoms with E-state index in [1.807, 2.05) is 18.2 Å². The molecule has 0 bridgehead atoms. The Hall–Kier alpha value is -2.53. The largest absolute Gasteiger partial charge is 0.306 e. The molecule has 2 aromatic carbocycles. The molecule has 1 saturated heterocycles. The van der Waals surface area contributed by atoms with Crippen LogP contribution in [0.2, 0.25) is 0 Å². The second kappa shape index (κ2) is 6.08. The average molecular weight is 337 g/mol. The first-order valence-electron chi connectivity index (χ1n) is 8.48. The zero-order valence-corrected chi connectivity index (χ0v) is 14.4. The molecule has 0 spiro atoms. The van der Waals surface area contributed by atoms with Crippen LogP contribution in [0.15, 0.2) is 47.3 Å². The smallest absolute Gasteiger partial charge is 0.261 e. The van der Waals surface area contributed by atoms with Gasteiger partial charge in [0.25, 0.3) is 5.56 Å². The van der Waals surface area contributed by atoms with Crippen LogP contribution in [-0.2, 0) is 7.05 Å². The van der Waals surface area contributed by atoms with Crippen LogP contribution in [0.4, 0.5) is 4.39 Å². The molecule has 0 amide bonds. The minimum Gasteiger partial charge on any atom is -0.306 e. The van der Waals surface area contributed by atoms with E-state index in [-0.39, 0.29) is 17.3 Å². The van der Waals surface area contributed by atoms with Crippen LogP contribution < -0.4 is 5.56 Å². The van der Waals surface area contributed by atoms with Gasteiger partial charge in [-0.3, -0.25) is 9.36 Å². The quantitative estimate of drug-likeness (QED) is 0.721. The van der Waals surface area contributed by atoms with Crippen molar-refractivity contribution in [3.05, 3.63) is 64.5 Å². The highest BCUT2D eigenvalue weighted by molar-refractivity contribution is 5.83. The Kier molecular flexibility index (Phi) is 3.88. The maximum atomic E-state index is 13.5. The number of fused-ring (bicyclic) bond motifs is 1. The molecule has 1 aliphatic rings. The van der Waals surface area contributed by atoms with Crippen molar-refractivity contribution in [3.8, 4) is 11.1 Å². The van der Waals surface area contributed by atoms with Gasteiger partial charge in [0.05, 0.1) is 10.9 Å². The molecule has 0 aliphatic carbocycles. The molecule has 1 aromatic heterocycles. The molecule has 3 aromatic rings. The first-order chi connectivity index (χ1) is 12.0. The van der Waals surface area contributed by atoms with Crippen molar-refractivity contribution >= 4 is 10.9 Å². The van der Waals surface area contributed by atoms with E-state index in [0.717, 1.165) is 36.5 Å². The van der Waals surface area contributed by atoms with E-state index in [4.69, 9.17) is 4.98 Å². The molecule has 1 atom stereocenters. The van der Waals surface area contributed by atoms with E-state index in [1.54, 1.807) is 23.7 Å². The minimum atomic E-state index is -0.274. The van der Waals surface area contributed by atoms with Crippen LogP contribution in [0, 0.1) is 5.82 Å². The van der Waals surface area contributed by atoms with Gasteiger partial charge in [-0.15, -0.1) is 0 Å². The lowest BCUT2D eigenvalue weighted by Gasteiger charge is -2.15. The molecule has 25 heavy (non-hydrogen) atoms. The number of nitrogens with zero attached hydrogens (tertiary/aromatic N) is 3. The third-order valence-electron chi connectivity index (χ3n) is 5.03. The summed E-state index contributed by atoms with van der Waals surface area (Å²) in [5.74, 6) is 0.826. The first-order valence-corrected chi connectivity index (χ1v) is 8.48. The summed E-state index contributed by atoms with van der Waals surface area (Å²) < 4.78 is 15.2. The van der Waals surface area contributed by atoms with Crippen molar-refractivity contribution in [2.45, 2.75) is 12.3 Å². The van der Waals surface area contributed by atoms with Crippen molar-refractivity contribution in [3.63, 3.8) is 0 Å². The molecule has 0 saturated carbocycles. The summed E-state index contributed by atoms with van der Waals surface area (Å²) in [7, 11) is 3.88. The van der Waals surface area contributed by atoms with Crippen molar-refractivity contribution in [1.29, 1.82) is 0 Å². The van der Waals surface area contributed by atoms with Gasteiger partial charge in [-0.2, -0.15) is 0 Å². The van der Waals surface area contributed by atoms with E-state index in [2.05, 4.69) is 11.9 Å². The van der Waals surface area contributed by atoms with Crippen molar-refractivity contribution < 1.29 is 4.39 Å². The van der Waals surface area contributed by atoms with Gasteiger partial charge in [0.1, 0.15) is 11.6 Å². The van der Waals surface area contributed by atoms with Gasteiger partial charge in [0.2, 0.25) is 0 Å². The van der Waals surface area contributed by atoms with Crippen LogP contribution in [0.25, 0.3) is 22.0 Å². The predicted octanol–water partition coefficient (Wildman–Crippen LogP) is 3.16. The van der Waals surface area contributed by atoms with E-state index < -0.39 is 0 Å². The predicted molar refractivity (Wildman–Crippen MR) is 97.2 cm³/mol. The lowest BCUT2D eigenvalue weighted by Crippen LogP contribution is -2.25. The SMILES string of the molecule is CN1CCC(c2nc3cc(-c4cccc(F)c4)ccc3c(=O)n2C)C1. The fourth-order valence-electron chi connectivity index (χ4n) is 3.65. The standard InChI is InChI=1S/C20H20FN3O/c1-23-9-8-15(12-23)19-22-18-11-14(13-4-3-5-16(21)10-13)6-7-17(18)20(25)24(19)2/h3-7,10-11,15H,8-9,12H2,1-2H3. The van der Waals surface area contributed by atoms with Gasteiger partial charge in [0, 0.05) is 19.5 Å². The highest BCUT2D eigenvalue weighted by Gasteiger charge is 2.25. The maximum Gasteiger partial charge on any atom is 0.261 e. The van der Waals surface area contributed by atoms with Gasteiger partial charge in [-0.25, -0.2) is 9.37 Å². The Morgan fingerprint density at radius 3 is 2.64 bits per heavy atom. The number of likely N-dealkylation sites (tertiary alicyclic amines) is 1. The van der Waals surface area contributed by atoms with Crippen LogP contribution in [0.5, 0.6) is 0 Å². The molecule has 1 unspecified atom stereocenters. The van der Waals surface area contributed by atoms with Crippen LogP contribution in [-0.4, -0.2) is 34.6 Å². The van der Waals surface area contributed by atoms with Gasteiger partial charge in [-0.1, -0.05) is 18.2 Å². The first kappa shape index (κ1) is 16.0. The number of benzene rings is 2. The summed E-state index contributed by atoms with van der Waals surface area (Å²) in [6.07, 6.45) is 1.01. The summed E-state index contributed by atoms with van der Waals surface area (Å²) >= 11 is 0. The lowest BCUT2D eigenvalue weighted by molar-refractivity contribution is 0.408. The molecule has 4 nitrogen and oxygen atoms in total. The zero-order valence-electron chi connectivity index (χ0n) is 14.4. The normalized spacial score (nSPS) is 18.1. The van der Waals surface area contributed by atoms with Gasteiger partial charge < -0.3 is 4.90 Å². The summed E-state index contributed by atoms with van der Waals surface area (Å²) in [6, 6.07) is 12.0. The van der Waals surface area contributed by atoms with Gasteiger partial charge in [0.15, 0.2) is 0 Å². The number of halogens is 1. The average Bonchev–Trinajstić information content (AvgIpc) is 3.04. The molecular formula is C20H20FN3O. The number of likely N-dealkylation sites (N-methyl/N-ethyl adjacent to an activating group) is 1. The topological polar surface area (TPSA) is 38.1 Å². The Balaban J connectivity index is 1.86. The molecule has 1 fully saturated rings. The van der Waals surface area contributed by atoms with Crippen LogP contribution in [0.1, 0.15) is 18.2 Å². The molecule has 2 heterocycles. The fraction of sp³-hybridized carbons (Fsp3) is 0.300. The molecule has 1 aliphatic heterocycles. The number of rotatable bonds is 2. The Morgan fingerprint density at radius 1 is 1.12 bits per heavy atom. The zero-order chi connectivity index (χ0) is 17.6. The van der Waals surface area contributed by atoms with Crippen LogP contribution >= 0.6 is 0 Å². The van der Waals surface area contributed by atoms with E-state index in [9.17, 15) is 9.18 Å². The monoisotopic (exact) mass is 337 g/mol. The molecular weight excluding hydrogens is 317 g/mol. The molecule has 4 rings (SSSR count). The second-order valence-corrected chi connectivity index (χ2v) is 6.82. The third kappa shape index (κ3) is 2.85. The Bertz CT molecular complexity index is 1010. The number of aromatic nitrogens is 2. The Morgan fingerprint density at radius 2 is 1.92 bits per heavy atom. The Labute approximate surface area is 145 Å². The molecule has 0 radical (unpaired) electrons. The minimum absolute atomic E-state index is 0.0275. The van der Waals surface area contributed by atoms with E-state index in [1.165, 1.54) is 12.1 Å². The summed E-state index contributed by atoms with van der Waals surface area (Å²) in [5, 5.41) is 0.595. The van der Waals surface area contributed by atoms with E-state index >= 15 is 0 Å². The summed E-state index contributed by atoms with van der Waals surface area (Å²) in [6.45, 7) is 1.93. The third-order valence-corrected chi connectivity index (χ3v) is 5.03. The van der Waals surface area contributed by atoms with Crippen molar-refractivity contribution in [2.75, 3.05) is 20.1 Å². The number of hydrogen-bond acceptors (Lipinski definition) is 3. The lowest BCUT2D eigenvalue weighted by atomic mass is 10.0. The van der Waals surface area contributed by atoms with Gasteiger partial charge in [-0.05, 0) is 55.4 Å². The molecule has 0 N–H and O–H groups in total. The summed E-state index contributed by atoms with van der Waals surface area (Å²) in [4.78, 5) is 19.8. The van der Waals surface area contributed by atoms with Crippen molar-refractivity contribution in [1.82, 2.24) is 14.5 Å². The second-order valence-electron chi connectivity index (χ2n) is 6.82. The van der Waals surface area contributed by atoms with E-state index in [0.29, 0.717) is 10.9 Å². The van der Waals surface area contributed by atoms with Crippen molar-refractivity contribution in [2.24, 2.45) is 7.05 Å². The number of hydrogen-bond donors (Lipinski definition) is 0. The van der Waals surface area contributed by atoms with Crippen LogP contribution in [0.3, 0.4) is 0 Å². The highest BCUT2D eigenvalue weighted by Crippen LogP contribution is 2.27.